The summed E-state index contributed by atoms with van der Waals surface area (Å²) in [5.74, 6) is 0.0695. The van der Waals surface area contributed by atoms with Crippen LogP contribution in [-0.2, 0) is 18.3 Å². The van der Waals surface area contributed by atoms with Gasteiger partial charge in [0.15, 0.2) is 0 Å². The lowest BCUT2D eigenvalue weighted by molar-refractivity contribution is -0.118. The summed E-state index contributed by atoms with van der Waals surface area (Å²) in [5.41, 5.74) is 13.5. The van der Waals surface area contributed by atoms with Crippen molar-refractivity contribution in [1.29, 1.82) is 0 Å². The smallest absolute Gasteiger partial charge is 0.231 e. The molecule has 0 saturated carbocycles. The lowest BCUT2D eigenvalue weighted by Crippen LogP contribution is -2.31. The molecule has 0 aliphatic carbocycles. The third-order valence-electron chi connectivity index (χ3n) is 5.56. The monoisotopic (exact) mass is 383 g/mol. The number of amides is 1. The highest BCUT2D eigenvalue weighted by Crippen LogP contribution is 2.40. The van der Waals surface area contributed by atoms with Gasteiger partial charge in [0, 0.05) is 42.5 Å². The van der Waals surface area contributed by atoms with E-state index in [1.165, 1.54) is 0 Å². The molecule has 1 amide bonds. The van der Waals surface area contributed by atoms with Gasteiger partial charge in [-0.3, -0.25) is 19.4 Å². The van der Waals surface area contributed by atoms with Crippen molar-refractivity contribution in [3.8, 4) is 11.1 Å². The van der Waals surface area contributed by atoms with Crippen molar-refractivity contribution >= 4 is 33.9 Å². The number of carbonyl (C=O) groups excluding carboxylic acids is 1. The lowest BCUT2D eigenvalue weighted by Gasteiger charge is -2.31. The maximum absolute atomic E-state index is 13.0. The highest BCUT2D eigenvalue weighted by Gasteiger charge is 2.28. The van der Waals surface area contributed by atoms with E-state index >= 15 is 0 Å². The predicted molar refractivity (Wildman–Crippen MR) is 115 cm³/mol. The van der Waals surface area contributed by atoms with Gasteiger partial charge in [0.25, 0.3) is 0 Å². The zero-order valence-corrected chi connectivity index (χ0v) is 16.4. The Morgan fingerprint density at radius 3 is 2.66 bits per heavy atom. The SMILES string of the molecule is Cc1ccc(N2C(=O)CCc3cnc4ccc(-c5cnn(C)c5)cc4c32)cc1N. The first kappa shape index (κ1) is 17.4. The van der Waals surface area contributed by atoms with E-state index in [0.29, 0.717) is 18.5 Å². The van der Waals surface area contributed by atoms with E-state index in [4.69, 9.17) is 5.73 Å². The van der Waals surface area contributed by atoms with Crippen molar-refractivity contribution in [2.24, 2.45) is 7.05 Å². The predicted octanol–water partition coefficient (Wildman–Crippen LogP) is 4.14. The minimum absolute atomic E-state index is 0.0695. The Morgan fingerprint density at radius 2 is 1.90 bits per heavy atom. The molecule has 4 aromatic rings. The van der Waals surface area contributed by atoms with Crippen LogP contribution in [0.15, 0.2) is 55.0 Å². The van der Waals surface area contributed by atoms with E-state index < -0.39 is 0 Å². The number of anilines is 3. The number of pyridine rings is 1. The molecule has 6 heteroatoms. The molecule has 0 spiro atoms. The third-order valence-corrected chi connectivity index (χ3v) is 5.56. The van der Waals surface area contributed by atoms with E-state index in [-0.39, 0.29) is 5.91 Å². The van der Waals surface area contributed by atoms with Gasteiger partial charge in [-0.05, 0) is 54.3 Å². The Morgan fingerprint density at radius 1 is 1.03 bits per heavy atom. The Kier molecular flexibility index (Phi) is 3.87. The molecule has 0 radical (unpaired) electrons. The minimum Gasteiger partial charge on any atom is -0.398 e. The topological polar surface area (TPSA) is 77.0 Å². The summed E-state index contributed by atoms with van der Waals surface area (Å²) in [6, 6.07) is 11.9. The van der Waals surface area contributed by atoms with Crippen LogP contribution < -0.4 is 10.6 Å². The highest BCUT2D eigenvalue weighted by atomic mass is 16.2. The summed E-state index contributed by atoms with van der Waals surface area (Å²) in [6.45, 7) is 1.96. The maximum Gasteiger partial charge on any atom is 0.231 e. The Labute approximate surface area is 168 Å². The van der Waals surface area contributed by atoms with Gasteiger partial charge in [-0.25, -0.2) is 0 Å². The number of nitrogens with two attached hydrogens (primary N) is 1. The number of hydrogen-bond acceptors (Lipinski definition) is 4. The van der Waals surface area contributed by atoms with Crippen LogP contribution in [0.5, 0.6) is 0 Å². The first-order valence-electron chi connectivity index (χ1n) is 9.61. The Hall–Kier alpha value is -3.67. The molecule has 0 unspecified atom stereocenters. The molecular formula is C23H21N5O. The van der Waals surface area contributed by atoms with Gasteiger partial charge < -0.3 is 5.73 Å². The zero-order chi connectivity index (χ0) is 20.1. The molecule has 29 heavy (non-hydrogen) atoms. The number of nitrogen functional groups attached to an aromatic ring is 1. The largest absolute Gasteiger partial charge is 0.398 e. The van der Waals surface area contributed by atoms with E-state index in [1.807, 2.05) is 62.9 Å². The zero-order valence-electron chi connectivity index (χ0n) is 16.4. The molecule has 0 fully saturated rings. The van der Waals surface area contributed by atoms with Gasteiger partial charge >= 0.3 is 0 Å². The van der Waals surface area contributed by atoms with Crippen LogP contribution in [0.4, 0.5) is 17.1 Å². The number of benzene rings is 2. The molecule has 0 bridgehead atoms. The number of aromatic nitrogens is 3. The average molecular weight is 383 g/mol. The van der Waals surface area contributed by atoms with E-state index in [2.05, 4.69) is 16.1 Å². The quantitative estimate of drug-likeness (QED) is 0.528. The third kappa shape index (κ3) is 2.84. The molecule has 2 aromatic heterocycles. The first-order valence-corrected chi connectivity index (χ1v) is 9.61. The first-order chi connectivity index (χ1) is 14.0. The molecule has 5 rings (SSSR count). The van der Waals surface area contributed by atoms with Crippen LogP contribution in [0.2, 0.25) is 0 Å². The van der Waals surface area contributed by atoms with Crippen molar-refractivity contribution in [3.05, 3.63) is 66.1 Å². The summed E-state index contributed by atoms with van der Waals surface area (Å²) < 4.78 is 1.78. The molecule has 1 aliphatic heterocycles. The molecule has 0 atom stereocenters. The number of fused-ring (bicyclic) bond motifs is 3. The van der Waals surface area contributed by atoms with Crippen molar-refractivity contribution in [3.63, 3.8) is 0 Å². The van der Waals surface area contributed by atoms with Gasteiger partial charge in [-0.15, -0.1) is 0 Å². The minimum atomic E-state index is 0.0695. The molecule has 144 valence electrons. The molecule has 1 aliphatic rings. The van der Waals surface area contributed by atoms with Crippen molar-refractivity contribution in [2.75, 3.05) is 10.6 Å². The molecule has 0 saturated heterocycles. The van der Waals surface area contributed by atoms with Gasteiger partial charge in [-0.2, -0.15) is 5.10 Å². The standard InChI is InChI=1S/C23H21N5O/c1-14-3-6-18(10-20(14)24)28-22(29)8-5-16-11-25-21-7-4-15(9-19(21)23(16)28)17-12-26-27(2)13-17/h3-4,6-7,9-13H,5,8,24H2,1-2H3. The van der Waals surface area contributed by atoms with Crippen LogP contribution in [0, 0.1) is 6.92 Å². The fourth-order valence-corrected chi connectivity index (χ4v) is 3.93. The number of hydrogen-bond donors (Lipinski definition) is 1. The summed E-state index contributed by atoms with van der Waals surface area (Å²) in [4.78, 5) is 19.4. The molecule has 2 N–H and O–H groups in total. The van der Waals surface area contributed by atoms with Crippen LogP contribution in [-0.4, -0.2) is 20.7 Å². The number of nitrogens with zero attached hydrogens (tertiary/aromatic N) is 4. The number of aryl methyl sites for hydroxylation is 3. The Balaban J connectivity index is 1.75. The van der Waals surface area contributed by atoms with Gasteiger partial charge in [0.2, 0.25) is 5.91 Å². The molecule has 6 nitrogen and oxygen atoms in total. The van der Waals surface area contributed by atoms with E-state index in [1.54, 1.807) is 9.58 Å². The van der Waals surface area contributed by atoms with Crippen LogP contribution in [0.3, 0.4) is 0 Å². The molecule has 3 heterocycles. The van der Waals surface area contributed by atoms with Gasteiger partial charge in [0.05, 0.1) is 23.1 Å². The summed E-state index contributed by atoms with van der Waals surface area (Å²) >= 11 is 0. The molecular weight excluding hydrogens is 362 g/mol. The summed E-state index contributed by atoms with van der Waals surface area (Å²) in [7, 11) is 1.90. The second kappa shape index (κ2) is 6.44. The van der Waals surface area contributed by atoms with Crippen molar-refractivity contribution < 1.29 is 4.79 Å². The second-order valence-corrected chi connectivity index (χ2v) is 7.54. The Bertz CT molecular complexity index is 1270. The van der Waals surface area contributed by atoms with Crippen molar-refractivity contribution in [1.82, 2.24) is 14.8 Å². The molecule has 2 aromatic carbocycles. The number of rotatable bonds is 2. The number of carbonyl (C=O) groups is 1. The van der Waals surface area contributed by atoms with E-state index in [9.17, 15) is 4.79 Å². The fourth-order valence-electron chi connectivity index (χ4n) is 3.93. The van der Waals surface area contributed by atoms with Crippen LogP contribution in [0.1, 0.15) is 17.5 Å². The summed E-state index contributed by atoms with van der Waals surface area (Å²) in [5, 5.41) is 5.23. The fraction of sp³-hybridized carbons (Fsp3) is 0.174. The summed E-state index contributed by atoms with van der Waals surface area (Å²) in [6.07, 6.45) is 6.85. The van der Waals surface area contributed by atoms with Crippen molar-refractivity contribution in [2.45, 2.75) is 19.8 Å². The maximum atomic E-state index is 13.0. The van der Waals surface area contributed by atoms with E-state index in [0.717, 1.165) is 44.5 Å². The highest BCUT2D eigenvalue weighted by molar-refractivity contribution is 6.11. The van der Waals surface area contributed by atoms with Crippen LogP contribution in [0.25, 0.3) is 22.0 Å². The van der Waals surface area contributed by atoms with Crippen LogP contribution >= 0.6 is 0 Å². The van der Waals surface area contributed by atoms with Gasteiger partial charge in [-0.1, -0.05) is 12.1 Å². The van der Waals surface area contributed by atoms with Gasteiger partial charge in [0.1, 0.15) is 0 Å². The normalized spacial score (nSPS) is 13.7. The second-order valence-electron chi connectivity index (χ2n) is 7.54. The average Bonchev–Trinajstić information content (AvgIpc) is 3.16. The lowest BCUT2D eigenvalue weighted by atomic mass is 9.96.